The third-order valence-electron chi connectivity index (χ3n) is 4.05. The Labute approximate surface area is 106 Å². The van der Waals surface area contributed by atoms with Crippen molar-refractivity contribution in [1.82, 2.24) is 0 Å². The Morgan fingerprint density at radius 1 is 1.44 bits per heavy atom. The fraction of sp³-hybridized carbons (Fsp3) is 0.500. The normalized spacial score (nSPS) is 25.2. The first-order valence-corrected chi connectivity index (χ1v) is 6.36. The molecule has 1 N–H and O–H groups in total. The predicted octanol–water partition coefficient (Wildman–Crippen LogP) is 2.77. The van der Waals surface area contributed by atoms with Crippen LogP contribution in [0.25, 0.3) is 0 Å². The van der Waals surface area contributed by atoms with Gasteiger partial charge in [-0.3, -0.25) is 4.79 Å². The zero-order valence-corrected chi connectivity index (χ0v) is 10.7. The third kappa shape index (κ3) is 1.59. The Hall–Kier alpha value is -1.58. The van der Waals surface area contributed by atoms with Crippen LogP contribution < -0.4 is 10.2 Å². The first kappa shape index (κ1) is 11.5. The maximum absolute atomic E-state index is 13.2. The van der Waals surface area contributed by atoms with Crippen LogP contribution >= 0.6 is 0 Å². The van der Waals surface area contributed by atoms with Crippen LogP contribution in [0.5, 0.6) is 0 Å². The van der Waals surface area contributed by atoms with Gasteiger partial charge in [-0.05, 0) is 36.5 Å². The maximum atomic E-state index is 13.2. The number of rotatable bonds is 0. The minimum atomic E-state index is -0.316. The number of hydrogen-bond acceptors (Lipinski definition) is 2. The summed E-state index contributed by atoms with van der Waals surface area (Å²) >= 11 is 0. The van der Waals surface area contributed by atoms with Crippen molar-refractivity contribution in [2.45, 2.75) is 32.7 Å². The molecule has 2 aliphatic heterocycles. The minimum Gasteiger partial charge on any atom is -0.357 e. The van der Waals surface area contributed by atoms with Crippen molar-refractivity contribution >= 4 is 17.3 Å². The second-order valence-corrected chi connectivity index (χ2v) is 5.84. The van der Waals surface area contributed by atoms with Crippen molar-refractivity contribution in [3.63, 3.8) is 0 Å². The zero-order chi connectivity index (χ0) is 12.9. The molecular formula is C14H17FN2O. The van der Waals surface area contributed by atoms with E-state index in [0.29, 0.717) is 5.69 Å². The summed E-state index contributed by atoms with van der Waals surface area (Å²) in [7, 11) is 0. The standard InChI is InChI=1S/C14H17FN2O/c1-14(2)6-3-7-17-11-5-4-9(15)8-10(11)16-13(18)12(14)17/h4-5,8,12H,3,6-7H2,1-2H3,(H,16,18). The molecule has 0 spiro atoms. The Balaban J connectivity index is 2.09. The van der Waals surface area contributed by atoms with Gasteiger partial charge in [0.25, 0.3) is 0 Å². The Morgan fingerprint density at radius 3 is 3.00 bits per heavy atom. The lowest BCUT2D eigenvalue weighted by Crippen LogP contribution is -2.58. The zero-order valence-electron chi connectivity index (χ0n) is 10.7. The third-order valence-corrected chi connectivity index (χ3v) is 4.05. The largest absolute Gasteiger partial charge is 0.357 e. The highest BCUT2D eigenvalue weighted by Crippen LogP contribution is 2.43. The number of benzene rings is 1. The summed E-state index contributed by atoms with van der Waals surface area (Å²) in [6, 6.07) is 4.46. The quantitative estimate of drug-likeness (QED) is 0.765. The van der Waals surface area contributed by atoms with Gasteiger partial charge in [-0.25, -0.2) is 4.39 Å². The van der Waals surface area contributed by atoms with Crippen LogP contribution in [0.15, 0.2) is 18.2 Å². The van der Waals surface area contributed by atoms with Gasteiger partial charge in [-0.1, -0.05) is 13.8 Å². The smallest absolute Gasteiger partial charge is 0.247 e. The molecule has 18 heavy (non-hydrogen) atoms. The number of piperidine rings is 1. The molecule has 1 atom stereocenters. The van der Waals surface area contributed by atoms with E-state index in [-0.39, 0.29) is 23.2 Å². The molecule has 2 aliphatic rings. The molecule has 0 aromatic heterocycles. The highest BCUT2D eigenvalue weighted by Gasteiger charge is 2.45. The molecule has 0 saturated carbocycles. The van der Waals surface area contributed by atoms with Crippen molar-refractivity contribution in [2.75, 3.05) is 16.8 Å². The number of nitrogens with one attached hydrogen (secondary N) is 1. The summed E-state index contributed by atoms with van der Waals surface area (Å²) in [6.07, 6.45) is 2.10. The second kappa shape index (κ2) is 3.70. The van der Waals surface area contributed by atoms with Crippen LogP contribution in [0, 0.1) is 11.2 Å². The number of halogens is 1. The Bertz CT molecular complexity index is 513. The minimum absolute atomic E-state index is 0.0159. The van der Waals surface area contributed by atoms with Crippen molar-refractivity contribution in [2.24, 2.45) is 5.41 Å². The molecule has 3 nitrogen and oxygen atoms in total. The van der Waals surface area contributed by atoms with E-state index >= 15 is 0 Å². The van der Waals surface area contributed by atoms with Crippen molar-refractivity contribution in [3.8, 4) is 0 Å². The van der Waals surface area contributed by atoms with Crippen LogP contribution in [0.2, 0.25) is 0 Å². The summed E-state index contributed by atoms with van der Waals surface area (Å²) in [5.74, 6) is -0.332. The van der Waals surface area contributed by atoms with E-state index in [1.54, 1.807) is 6.07 Å². The molecule has 4 heteroatoms. The van der Waals surface area contributed by atoms with Gasteiger partial charge in [0.05, 0.1) is 11.4 Å². The molecule has 1 saturated heterocycles. The predicted molar refractivity (Wildman–Crippen MR) is 69.2 cm³/mol. The van der Waals surface area contributed by atoms with Crippen LogP contribution in [-0.2, 0) is 4.79 Å². The average molecular weight is 248 g/mol. The average Bonchev–Trinajstić information content (AvgIpc) is 2.27. The fourth-order valence-corrected chi connectivity index (χ4v) is 3.21. The van der Waals surface area contributed by atoms with E-state index < -0.39 is 0 Å². The molecule has 0 radical (unpaired) electrons. The van der Waals surface area contributed by atoms with Gasteiger partial charge in [0.2, 0.25) is 5.91 Å². The van der Waals surface area contributed by atoms with Gasteiger partial charge in [0, 0.05) is 6.54 Å². The van der Waals surface area contributed by atoms with Crippen LogP contribution in [-0.4, -0.2) is 18.5 Å². The fourth-order valence-electron chi connectivity index (χ4n) is 3.21. The monoisotopic (exact) mass is 248 g/mol. The molecule has 0 aliphatic carbocycles. The number of amides is 1. The number of carbonyl (C=O) groups excluding carboxylic acids is 1. The molecule has 0 bridgehead atoms. The van der Waals surface area contributed by atoms with E-state index in [9.17, 15) is 9.18 Å². The SMILES string of the molecule is CC1(C)CCCN2c3ccc(F)cc3NC(=O)C21. The van der Waals surface area contributed by atoms with Crippen LogP contribution in [0.1, 0.15) is 26.7 Å². The summed E-state index contributed by atoms with van der Waals surface area (Å²) in [5, 5.41) is 2.83. The lowest BCUT2D eigenvalue weighted by atomic mass is 9.75. The number of nitrogens with zero attached hydrogens (tertiary/aromatic N) is 1. The topological polar surface area (TPSA) is 32.3 Å². The molecule has 1 aromatic carbocycles. The Kier molecular flexibility index (Phi) is 2.37. The number of carbonyl (C=O) groups is 1. The Morgan fingerprint density at radius 2 is 2.22 bits per heavy atom. The lowest BCUT2D eigenvalue weighted by molar-refractivity contribution is -0.120. The van der Waals surface area contributed by atoms with Crippen molar-refractivity contribution in [3.05, 3.63) is 24.0 Å². The summed E-state index contributed by atoms with van der Waals surface area (Å²) < 4.78 is 13.2. The van der Waals surface area contributed by atoms with E-state index in [4.69, 9.17) is 0 Å². The van der Waals surface area contributed by atoms with Crippen molar-refractivity contribution in [1.29, 1.82) is 0 Å². The van der Waals surface area contributed by atoms with Gasteiger partial charge in [-0.2, -0.15) is 0 Å². The van der Waals surface area contributed by atoms with Crippen LogP contribution in [0.4, 0.5) is 15.8 Å². The second-order valence-electron chi connectivity index (χ2n) is 5.84. The molecule has 1 aromatic rings. The van der Waals surface area contributed by atoms with Crippen LogP contribution in [0.3, 0.4) is 0 Å². The van der Waals surface area contributed by atoms with Crippen molar-refractivity contribution < 1.29 is 9.18 Å². The summed E-state index contributed by atoms with van der Waals surface area (Å²) in [4.78, 5) is 14.4. The highest BCUT2D eigenvalue weighted by atomic mass is 19.1. The van der Waals surface area contributed by atoms with Gasteiger partial charge in [-0.15, -0.1) is 0 Å². The number of anilines is 2. The summed E-state index contributed by atoms with van der Waals surface area (Å²) in [6.45, 7) is 5.11. The lowest BCUT2D eigenvalue weighted by Gasteiger charge is -2.49. The first-order chi connectivity index (χ1) is 8.49. The molecular weight excluding hydrogens is 231 g/mol. The number of fused-ring (bicyclic) bond motifs is 3. The van der Waals surface area contributed by atoms with E-state index in [2.05, 4.69) is 24.1 Å². The molecule has 96 valence electrons. The van der Waals surface area contributed by atoms with Gasteiger partial charge < -0.3 is 10.2 Å². The van der Waals surface area contributed by atoms with Gasteiger partial charge >= 0.3 is 0 Å². The molecule has 2 heterocycles. The number of hydrogen-bond donors (Lipinski definition) is 1. The van der Waals surface area contributed by atoms with Gasteiger partial charge in [0.1, 0.15) is 11.9 Å². The van der Waals surface area contributed by atoms with Gasteiger partial charge in [0.15, 0.2) is 0 Å². The van der Waals surface area contributed by atoms with E-state index in [1.807, 2.05) is 0 Å². The molecule has 1 unspecified atom stereocenters. The maximum Gasteiger partial charge on any atom is 0.247 e. The molecule has 3 rings (SSSR count). The molecule has 1 fully saturated rings. The molecule has 1 amide bonds. The van der Waals surface area contributed by atoms with E-state index in [1.165, 1.54) is 12.1 Å². The first-order valence-electron chi connectivity index (χ1n) is 6.36. The van der Waals surface area contributed by atoms with E-state index in [0.717, 1.165) is 25.1 Å². The highest BCUT2D eigenvalue weighted by molar-refractivity contribution is 6.04. The summed E-state index contributed by atoms with van der Waals surface area (Å²) in [5.41, 5.74) is 1.48.